The summed E-state index contributed by atoms with van der Waals surface area (Å²) in [5, 5.41) is 5.77. The number of carbonyl (C=O) groups is 2. The smallest absolute Gasteiger partial charge is 0.253 e. The number of amides is 2. The summed E-state index contributed by atoms with van der Waals surface area (Å²) in [5.41, 5.74) is 8.41. The van der Waals surface area contributed by atoms with Gasteiger partial charge in [-0.3, -0.25) is 9.59 Å². The van der Waals surface area contributed by atoms with Gasteiger partial charge in [-0.2, -0.15) is 0 Å². The van der Waals surface area contributed by atoms with Crippen molar-refractivity contribution in [2.75, 3.05) is 18.2 Å². The number of halogens is 1. The first-order valence-electron chi connectivity index (χ1n) is 8.69. The third-order valence-electron chi connectivity index (χ3n) is 4.33. The van der Waals surface area contributed by atoms with Crippen LogP contribution in [0.1, 0.15) is 35.2 Å². The number of carbonyl (C=O) groups excluding carboxylic acids is 2. The number of nitrogens with one attached hydrogen (secondary N) is 2. The molecule has 3 rings (SSSR count). The van der Waals surface area contributed by atoms with E-state index in [0.29, 0.717) is 29.1 Å². The van der Waals surface area contributed by atoms with Gasteiger partial charge in [-0.1, -0.05) is 18.2 Å². The van der Waals surface area contributed by atoms with Gasteiger partial charge in [0.2, 0.25) is 5.91 Å². The average molecular weight is 390 g/mol. The van der Waals surface area contributed by atoms with Gasteiger partial charge in [0, 0.05) is 18.2 Å². The molecular weight excluding hydrogens is 366 g/mol. The molecule has 2 aromatic carbocycles. The van der Waals surface area contributed by atoms with Gasteiger partial charge < -0.3 is 21.1 Å². The molecule has 0 spiro atoms. The van der Waals surface area contributed by atoms with Crippen molar-refractivity contribution in [1.29, 1.82) is 0 Å². The fourth-order valence-electron chi connectivity index (χ4n) is 2.66. The molecule has 0 bridgehead atoms. The third kappa shape index (κ3) is 5.62. The topological polar surface area (TPSA) is 93.4 Å². The van der Waals surface area contributed by atoms with Crippen molar-refractivity contribution in [3.8, 4) is 5.75 Å². The minimum atomic E-state index is -0.200. The number of methoxy groups -OCH3 is 1. The molecule has 0 saturated heterocycles. The number of hydrogen-bond donors (Lipinski definition) is 3. The Morgan fingerprint density at radius 1 is 1.19 bits per heavy atom. The van der Waals surface area contributed by atoms with Crippen molar-refractivity contribution in [3.05, 3.63) is 53.6 Å². The molecule has 0 aromatic heterocycles. The number of aryl methyl sites for hydroxylation is 1. The van der Waals surface area contributed by atoms with Gasteiger partial charge in [-0.05, 0) is 49.1 Å². The van der Waals surface area contributed by atoms with E-state index in [2.05, 4.69) is 10.6 Å². The van der Waals surface area contributed by atoms with E-state index < -0.39 is 0 Å². The van der Waals surface area contributed by atoms with Crippen LogP contribution in [0.4, 0.5) is 11.4 Å². The molecule has 0 heterocycles. The molecular formula is C20H24ClN3O3. The van der Waals surface area contributed by atoms with E-state index in [4.69, 9.17) is 10.5 Å². The van der Waals surface area contributed by atoms with Crippen LogP contribution in [0, 0.1) is 0 Å². The highest BCUT2D eigenvalue weighted by molar-refractivity contribution is 6.04. The zero-order valence-electron chi connectivity index (χ0n) is 15.2. The number of nitrogens with two attached hydrogens (primary N) is 1. The van der Waals surface area contributed by atoms with Crippen molar-refractivity contribution in [2.45, 2.75) is 31.7 Å². The molecule has 1 saturated carbocycles. The fourth-order valence-corrected chi connectivity index (χ4v) is 2.66. The van der Waals surface area contributed by atoms with Gasteiger partial charge in [0.1, 0.15) is 5.75 Å². The first-order valence-corrected chi connectivity index (χ1v) is 8.69. The van der Waals surface area contributed by atoms with E-state index in [9.17, 15) is 9.59 Å². The maximum atomic E-state index is 12.5. The summed E-state index contributed by atoms with van der Waals surface area (Å²) in [5.74, 6) is 0.203. The van der Waals surface area contributed by atoms with Gasteiger partial charge in [-0.25, -0.2) is 0 Å². The predicted molar refractivity (Wildman–Crippen MR) is 109 cm³/mol. The van der Waals surface area contributed by atoms with Gasteiger partial charge in [-0.15, -0.1) is 12.4 Å². The number of hydrogen-bond acceptors (Lipinski definition) is 4. The van der Waals surface area contributed by atoms with Crippen LogP contribution >= 0.6 is 12.4 Å². The summed E-state index contributed by atoms with van der Waals surface area (Å²) < 4.78 is 5.20. The Kier molecular flexibility index (Phi) is 7.07. The lowest BCUT2D eigenvalue weighted by molar-refractivity contribution is -0.116. The Labute approximate surface area is 164 Å². The van der Waals surface area contributed by atoms with Gasteiger partial charge in [0.25, 0.3) is 5.91 Å². The maximum absolute atomic E-state index is 12.5. The number of nitrogen functional groups attached to an aromatic ring is 1. The SMILES string of the molecule is COc1ccc(NC(=O)CCc2ccccc2N)c(C(=O)NC2CC2)c1.Cl. The Morgan fingerprint density at radius 2 is 1.93 bits per heavy atom. The predicted octanol–water partition coefficient (Wildman–Crippen LogP) is 3.16. The summed E-state index contributed by atoms with van der Waals surface area (Å²) in [7, 11) is 1.54. The quantitative estimate of drug-likeness (QED) is 0.634. The largest absolute Gasteiger partial charge is 0.497 e. The Morgan fingerprint density at radius 3 is 2.59 bits per heavy atom. The second kappa shape index (κ2) is 9.28. The summed E-state index contributed by atoms with van der Waals surface area (Å²) in [6.07, 6.45) is 2.81. The summed E-state index contributed by atoms with van der Waals surface area (Å²) in [6, 6.07) is 12.8. The number of para-hydroxylation sites is 1. The standard InChI is InChI=1S/C20H23N3O3.ClH/c1-26-15-9-10-18(16(12-15)20(25)22-14-7-8-14)23-19(24)11-6-13-4-2-3-5-17(13)21;/h2-5,9-10,12,14H,6-8,11,21H2,1H3,(H,22,25)(H,23,24);1H. The second-order valence-electron chi connectivity index (χ2n) is 6.41. The molecule has 0 aliphatic heterocycles. The summed E-state index contributed by atoms with van der Waals surface area (Å²) in [4.78, 5) is 24.8. The van der Waals surface area contributed by atoms with Gasteiger partial charge >= 0.3 is 0 Å². The molecule has 7 heteroatoms. The molecule has 27 heavy (non-hydrogen) atoms. The van der Waals surface area contributed by atoms with Crippen LogP contribution in [0.15, 0.2) is 42.5 Å². The van der Waals surface area contributed by atoms with Gasteiger partial charge in [0.15, 0.2) is 0 Å². The van der Waals surface area contributed by atoms with E-state index >= 15 is 0 Å². The number of benzene rings is 2. The van der Waals surface area contributed by atoms with E-state index in [-0.39, 0.29) is 36.7 Å². The second-order valence-corrected chi connectivity index (χ2v) is 6.41. The van der Waals surface area contributed by atoms with Crippen molar-refractivity contribution in [1.82, 2.24) is 5.32 Å². The highest BCUT2D eigenvalue weighted by atomic mass is 35.5. The fraction of sp³-hybridized carbons (Fsp3) is 0.300. The van der Waals surface area contributed by atoms with Crippen molar-refractivity contribution >= 4 is 35.6 Å². The van der Waals surface area contributed by atoms with Crippen LogP contribution in [0.3, 0.4) is 0 Å². The highest BCUT2D eigenvalue weighted by Gasteiger charge is 2.25. The highest BCUT2D eigenvalue weighted by Crippen LogP contribution is 2.25. The van der Waals surface area contributed by atoms with E-state index in [1.807, 2.05) is 24.3 Å². The van der Waals surface area contributed by atoms with E-state index in [1.165, 1.54) is 0 Å². The van der Waals surface area contributed by atoms with Crippen LogP contribution in [0.5, 0.6) is 5.75 Å². The molecule has 2 amide bonds. The van der Waals surface area contributed by atoms with Crippen molar-refractivity contribution < 1.29 is 14.3 Å². The van der Waals surface area contributed by atoms with Crippen LogP contribution in [0.25, 0.3) is 0 Å². The zero-order chi connectivity index (χ0) is 18.5. The maximum Gasteiger partial charge on any atom is 0.253 e. The normalized spacial score (nSPS) is 12.6. The monoisotopic (exact) mass is 389 g/mol. The molecule has 0 unspecified atom stereocenters. The lowest BCUT2D eigenvalue weighted by Gasteiger charge is -2.13. The molecule has 2 aromatic rings. The third-order valence-corrected chi connectivity index (χ3v) is 4.33. The number of rotatable bonds is 7. The first-order chi connectivity index (χ1) is 12.6. The number of ether oxygens (including phenoxy) is 1. The lowest BCUT2D eigenvalue weighted by atomic mass is 10.1. The molecule has 0 atom stereocenters. The average Bonchev–Trinajstić information content (AvgIpc) is 3.45. The molecule has 1 aliphatic carbocycles. The molecule has 6 nitrogen and oxygen atoms in total. The number of anilines is 2. The van der Waals surface area contributed by atoms with Crippen LogP contribution < -0.4 is 21.1 Å². The van der Waals surface area contributed by atoms with Crippen LogP contribution in [-0.2, 0) is 11.2 Å². The molecule has 4 N–H and O–H groups in total. The minimum Gasteiger partial charge on any atom is -0.497 e. The zero-order valence-corrected chi connectivity index (χ0v) is 16.0. The summed E-state index contributed by atoms with van der Waals surface area (Å²) >= 11 is 0. The Balaban J connectivity index is 0.00000261. The molecule has 144 valence electrons. The Hall–Kier alpha value is -2.73. The van der Waals surface area contributed by atoms with Crippen LogP contribution in [-0.4, -0.2) is 25.0 Å². The van der Waals surface area contributed by atoms with E-state index in [0.717, 1.165) is 18.4 Å². The van der Waals surface area contributed by atoms with E-state index in [1.54, 1.807) is 25.3 Å². The van der Waals surface area contributed by atoms with Crippen molar-refractivity contribution in [3.63, 3.8) is 0 Å². The summed E-state index contributed by atoms with van der Waals surface area (Å²) in [6.45, 7) is 0. The Bertz CT molecular complexity index is 822. The molecule has 1 fully saturated rings. The first kappa shape index (κ1) is 20.6. The molecule has 0 radical (unpaired) electrons. The van der Waals surface area contributed by atoms with Crippen LogP contribution in [0.2, 0.25) is 0 Å². The lowest BCUT2D eigenvalue weighted by Crippen LogP contribution is -2.27. The van der Waals surface area contributed by atoms with Crippen molar-refractivity contribution in [2.24, 2.45) is 0 Å². The van der Waals surface area contributed by atoms with Gasteiger partial charge in [0.05, 0.1) is 18.4 Å². The minimum absolute atomic E-state index is 0. The molecule has 1 aliphatic rings.